The largest absolute Gasteiger partial charge is 0.342 e. The maximum Gasteiger partial charge on any atom is 0.227 e. The van der Waals surface area contributed by atoms with Crippen molar-refractivity contribution in [1.82, 2.24) is 9.80 Å². The lowest BCUT2D eigenvalue weighted by molar-refractivity contribution is -0.146. The van der Waals surface area contributed by atoms with E-state index in [1.165, 1.54) is 12.8 Å². The van der Waals surface area contributed by atoms with E-state index in [0.717, 1.165) is 38.8 Å². The topological polar surface area (TPSA) is 40.6 Å². The fourth-order valence-corrected chi connectivity index (χ4v) is 5.10. The Bertz CT molecular complexity index is 470. The van der Waals surface area contributed by atoms with Gasteiger partial charge in [-0.3, -0.25) is 9.59 Å². The second-order valence-electron chi connectivity index (χ2n) is 8.71. The summed E-state index contributed by atoms with van der Waals surface area (Å²) >= 11 is 0. The van der Waals surface area contributed by atoms with Crippen molar-refractivity contribution in [1.29, 1.82) is 0 Å². The molecule has 1 saturated carbocycles. The summed E-state index contributed by atoms with van der Waals surface area (Å²) in [5.74, 6) is 2.49. The first-order valence-corrected chi connectivity index (χ1v) is 10.1. The first kappa shape index (κ1) is 17.8. The lowest BCUT2D eigenvalue weighted by Crippen LogP contribution is -2.54. The Morgan fingerprint density at radius 3 is 2.50 bits per heavy atom. The standard InChI is InChI=1S/C20H34N2O2/c1-14(2)17-8-6-15(3)12-18(17)22-13-16(7-9-19(22)23)20(24)21-10-4-5-11-21/h14-18H,4-13H2,1-3H3. The van der Waals surface area contributed by atoms with Gasteiger partial charge in [0.05, 0.1) is 5.92 Å². The highest BCUT2D eigenvalue weighted by molar-refractivity contribution is 5.84. The molecule has 1 aliphatic carbocycles. The zero-order chi connectivity index (χ0) is 17.3. The van der Waals surface area contributed by atoms with Crippen molar-refractivity contribution < 1.29 is 9.59 Å². The van der Waals surface area contributed by atoms with Crippen LogP contribution in [0.3, 0.4) is 0 Å². The van der Waals surface area contributed by atoms with Crippen LogP contribution in [0.15, 0.2) is 0 Å². The van der Waals surface area contributed by atoms with Gasteiger partial charge < -0.3 is 9.80 Å². The molecule has 3 fully saturated rings. The summed E-state index contributed by atoms with van der Waals surface area (Å²) in [7, 11) is 0. The van der Waals surface area contributed by atoms with Crippen LogP contribution >= 0.6 is 0 Å². The molecular formula is C20H34N2O2. The summed E-state index contributed by atoms with van der Waals surface area (Å²) < 4.78 is 0. The van der Waals surface area contributed by atoms with Crippen molar-refractivity contribution in [2.45, 2.75) is 71.8 Å². The van der Waals surface area contributed by atoms with Gasteiger partial charge in [-0.25, -0.2) is 0 Å². The third kappa shape index (κ3) is 3.62. The monoisotopic (exact) mass is 334 g/mol. The zero-order valence-electron chi connectivity index (χ0n) is 15.7. The number of hydrogen-bond donors (Lipinski definition) is 0. The Hall–Kier alpha value is -1.06. The van der Waals surface area contributed by atoms with E-state index in [1.54, 1.807) is 0 Å². The van der Waals surface area contributed by atoms with Crippen LogP contribution in [0, 0.1) is 23.7 Å². The lowest BCUT2D eigenvalue weighted by Gasteiger charge is -2.46. The molecule has 2 heterocycles. The molecule has 3 aliphatic rings. The highest BCUT2D eigenvalue weighted by atomic mass is 16.2. The average molecular weight is 335 g/mol. The Morgan fingerprint density at radius 2 is 1.83 bits per heavy atom. The molecule has 3 rings (SSSR count). The highest BCUT2D eigenvalue weighted by Gasteiger charge is 2.41. The van der Waals surface area contributed by atoms with Crippen molar-refractivity contribution in [3.63, 3.8) is 0 Å². The number of likely N-dealkylation sites (tertiary alicyclic amines) is 2. The number of amides is 2. The number of rotatable bonds is 3. The molecule has 2 amide bonds. The van der Waals surface area contributed by atoms with Gasteiger partial charge in [0.15, 0.2) is 0 Å². The van der Waals surface area contributed by atoms with E-state index in [0.29, 0.717) is 42.7 Å². The molecule has 24 heavy (non-hydrogen) atoms. The molecule has 0 aromatic rings. The average Bonchev–Trinajstić information content (AvgIpc) is 3.08. The molecule has 0 aromatic carbocycles. The van der Waals surface area contributed by atoms with Crippen LogP contribution in [-0.4, -0.2) is 47.3 Å². The van der Waals surface area contributed by atoms with Gasteiger partial charge in [-0.05, 0) is 49.9 Å². The van der Waals surface area contributed by atoms with Gasteiger partial charge >= 0.3 is 0 Å². The van der Waals surface area contributed by atoms with Crippen molar-refractivity contribution in [3.8, 4) is 0 Å². The summed E-state index contributed by atoms with van der Waals surface area (Å²) in [6, 6.07) is 0.343. The fourth-order valence-electron chi connectivity index (χ4n) is 5.10. The van der Waals surface area contributed by atoms with E-state index in [-0.39, 0.29) is 11.8 Å². The Morgan fingerprint density at radius 1 is 1.12 bits per heavy atom. The molecule has 0 aromatic heterocycles. The predicted octanol–water partition coefficient (Wildman–Crippen LogP) is 3.31. The van der Waals surface area contributed by atoms with Gasteiger partial charge in [-0.2, -0.15) is 0 Å². The van der Waals surface area contributed by atoms with E-state index in [2.05, 4.69) is 25.7 Å². The van der Waals surface area contributed by atoms with E-state index in [1.807, 2.05) is 4.90 Å². The van der Waals surface area contributed by atoms with Crippen LogP contribution in [0.25, 0.3) is 0 Å². The summed E-state index contributed by atoms with van der Waals surface area (Å²) in [6.07, 6.45) is 7.18. The highest BCUT2D eigenvalue weighted by Crippen LogP contribution is 2.38. The number of carbonyl (C=O) groups excluding carboxylic acids is 2. The van der Waals surface area contributed by atoms with Crippen LogP contribution in [-0.2, 0) is 9.59 Å². The third-order valence-corrected chi connectivity index (χ3v) is 6.60. The smallest absolute Gasteiger partial charge is 0.227 e. The molecule has 0 N–H and O–H groups in total. The first-order chi connectivity index (χ1) is 11.5. The maximum atomic E-state index is 12.8. The van der Waals surface area contributed by atoms with E-state index >= 15 is 0 Å². The fraction of sp³-hybridized carbons (Fsp3) is 0.900. The summed E-state index contributed by atoms with van der Waals surface area (Å²) in [6.45, 7) is 9.38. The van der Waals surface area contributed by atoms with Crippen LogP contribution in [0.1, 0.15) is 65.7 Å². The predicted molar refractivity (Wildman–Crippen MR) is 95.4 cm³/mol. The normalized spacial score (nSPS) is 34.9. The Balaban J connectivity index is 1.72. The van der Waals surface area contributed by atoms with Crippen molar-refractivity contribution in [2.24, 2.45) is 23.7 Å². The van der Waals surface area contributed by atoms with E-state index in [9.17, 15) is 9.59 Å². The van der Waals surface area contributed by atoms with Gasteiger partial charge in [-0.1, -0.05) is 27.2 Å². The molecule has 4 atom stereocenters. The van der Waals surface area contributed by atoms with Gasteiger partial charge in [0.2, 0.25) is 11.8 Å². The van der Waals surface area contributed by atoms with Crippen molar-refractivity contribution >= 4 is 11.8 Å². The second kappa shape index (κ2) is 7.45. The van der Waals surface area contributed by atoms with Gasteiger partial charge in [0.1, 0.15) is 0 Å². The number of hydrogen-bond acceptors (Lipinski definition) is 2. The SMILES string of the molecule is CC1CCC(C(C)C)C(N2CC(C(=O)N3CCCC3)CCC2=O)C1. The third-order valence-electron chi connectivity index (χ3n) is 6.60. The molecule has 2 aliphatic heterocycles. The number of piperidine rings is 1. The van der Waals surface area contributed by atoms with Crippen LogP contribution in [0.5, 0.6) is 0 Å². The zero-order valence-corrected chi connectivity index (χ0v) is 15.7. The van der Waals surface area contributed by atoms with Crippen molar-refractivity contribution in [3.05, 3.63) is 0 Å². The van der Waals surface area contributed by atoms with E-state index in [4.69, 9.17) is 0 Å². The number of nitrogens with zero attached hydrogens (tertiary/aromatic N) is 2. The molecular weight excluding hydrogens is 300 g/mol. The van der Waals surface area contributed by atoms with Crippen LogP contribution < -0.4 is 0 Å². The molecule has 0 radical (unpaired) electrons. The lowest BCUT2D eigenvalue weighted by atomic mass is 9.72. The second-order valence-corrected chi connectivity index (χ2v) is 8.71. The molecule has 0 bridgehead atoms. The van der Waals surface area contributed by atoms with Gasteiger partial charge in [0, 0.05) is 32.1 Å². The van der Waals surface area contributed by atoms with Gasteiger partial charge in [-0.15, -0.1) is 0 Å². The molecule has 4 unspecified atom stereocenters. The molecule has 0 spiro atoms. The minimum atomic E-state index is 0.0332. The summed E-state index contributed by atoms with van der Waals surface area (Å²) in [4.78, 5) is 29.6. The molecule has 136 valence electrons. The van der Waals surface area contributed by atoms with E-state index < -0.39 is 0 Å². The minimum absolute atomic E-state index is 0.0332. The quantitative estimate of drug-likeness (QED) is 0.794. The molecule has 4 heteroatoms. The van der Waals surface area contributed by atoms with Crippen LogP contribution in [0.2, 0.25) is 0 Å². The summed E-state index contributed by atoms with van der Waals surface area (Å²) in [5.41, 5.74) is 0. The Kier molecular flexibility index (Phi) is 5.51. The van der Waals surface area contributed by atoms with Crippen molar-refractivity contribution in [2.75, 3.05) is 19.6 Å². The first-order valence-electron chi connectivity index (χ1n) is 10.1. The molecule has 4 nitrogen and oxygen atoms in total. The Labute approximate surface area is 146 Å². The minimum Gasteiger partial charge on any atom is -0.342 e. The number of carbonyl (C=O) groups is 2. The summed E-state index contributed by atoms with van der Waals surface area (Å²) in [5, 5.41) is 0. The van der Waals surface area contributed by atoms with Crippen LogP contribution in [0.4, 0.5) is 0 Å². The van der Waals surface area contributed by atoms with Gasteiger partial charge in [0.25, 0.3) is 0 Å². The maximum absolute atomic E-state index is 12.8. The molecule has 2 saturated heterocycles.